The van der Waals surface area contributed by atoms with E-state index in [2.05, 4.69) is 92.1 Å². The summed E-state index contributed by atoms with van der Waals surface area (Å²) < 4.78 is 22.2. The molecular weight excluding hydrogens is 768 g/mol. The third-order valence-electron chi connectivity index (χ3n) is 10.2. The quantitative estimate of drug-likeness (QED) is 0.0273. The third kappa shape index (κ3) is 43.8. The zero-order chi connectivity index (χ0) is 43.9. The van der Waals surface area contributed by atoms with Crippen LogP contribution < -0.4 is 11.1 Å². The number of unbranched alkanes of at least 4 members (excludes halogenated alkanes) is 20. The van der Waals surface area contributed by atoms with Crippen molar-refractivity contribution in [1.82, 2.24) is 5.32 Å². The second kappa shape index (κ2) is 46.2. The largest absolute Gasteiger partial charge is 0.472 e. The number of aliphatic hydroxyl groups excluding tert-OH is 1. The number of hydrogen-bond donors (Lipinski definition) is 4. The minimum atomic E-state index is -4.36. The Morgan fingerprint density at radius 1 is 0.567 bits per heavy atom. The fourth-order valence-electron chi connectivity index (χ4n) is 6.59. The van der Waals surface area contributed by atoms with E-state index in [-0.39, 0.29) is 25.7 Å². The van der Waals surface area contributed by atoms with Gasteiger partial charge in [-0.2, -0.15) is 0 Å². The van der Waals surface area contributed by atoms with Crippen molar-refractivity contribution in [3.05, 3.63) is 85.1 Å². The molecule has 0 spiro atoms. The number of allylic oxidation sites excluding steroid dienone is 13. The molecule has 0 aliphatic rings. The van der Waals surface area contributed by atoms with E-state index in [4.69, 9.17) is 14.8 Å². The van der Waals surface area contributed by atoms with Crippen molar-refractivity contribution in [1.29, 1.82) is 0 Å². The van der Waals surface area contributed by atoms with Gasteiger partial charge in [0.15, 0.2) is 0 Å². The van der Waals surface area contributed by atoms with E-state index in [9.17, 15) is 19.4 Å². The Kier molecular flexibility index (Phi) is 44.4. The van der Waals surface area contributed by atoms with Crippen LogP contribution in [0.15, 0.2) is 85.1 Å². The molecule has 3 atom stereocenters. The van der Waals surface area contributed by atoms with Gasteiger partial charge in [-0.05, 0) is 77.0 Å². The lowest BCUT2D eigenvalue weighted by molar-refractivity contribution is -0.123. The van der Waals surface area contributed by atoms with Crippen LogP contribution in [0.2, 0.25) is 0 Å². The number of amides is 1. The molecule has 3 unspecified atom stereocenters. The number of aliphatic hydroxyl groups is 1. The number of hydrogen-bond acceptors (Lipinski definition) is 6. The van der Waals surface area contributed by atoms with Crippen molar-refractivity contribution >= 4 is 13.7 Å². The summed E-state index contributed by atoms with van der Waals surface area (Å²) in [6, 6.07) is -0.893. The minimum Gasteiger partial charge on any atom is -0.387 e. The van der Waals surface area contributed by atoms with Crippen LogP contribution in [0.5, 0.6) is 0 Å². The number of phosphoric acid groups is 1. The van der Waals surface area contributed by atoms with Crippen molar-refractivity contribution in [3.63, 3.8) is 0 Å². The molecule has 60 heavy (non-hydrogen) atoms. The summed E-state index contributed by atoms with van der Waals surface area (Å²) in [5.41, 5.74) is 5.38. The van der Waals surface area contributed by atoms with Crippen molar-refractivity contribution in [2.45, 2.75) is 212 Å². The molecule has 0 heterocycles. The highest BCUT2D eigenvalue weighted by Gasteiger charge is 2.26. The molecule has 5 N–H and O–H groups in total. The van der Waals surface area contributed by atoms with Gasteiger partial charge in [0.05, 0.1) is 25.4 Å². The zero-order valence-corrected chi connectivity index (χ0v) is 39.3. The van der Waals surface area contributed by atoms with Gasteiger partial charge in [-0.1, -0.05) is 202 Å². The van der Waals surface area contributed by atoms with Gasteiger partial charge in [-0.3, -0.25) is 13.8 Å². The molecule has 0 aliphatic carbocycles. The molecule has 0 rings (SSSR count). The van der Waals surface area contributed by atoms with Crippen LogP contribution in [0.1, 0.15) is 200 Å². The van der Waals surface area contributed by atoms with Crippen molar-refractivity contribution in [3.8, 4) is 0 Å². The molecule has 0 aliphatic heterocycles. The second-order valence-corrected chi connectivity index (χ2v) is 17.4. The Morgan fingerprint density at radius 2 is 0.983 bits per heavy atom. The van der Waals surface area contributed by atoms with E-state index < -0.39 is 20.0 Å². The number of phosphoric ester groups is 1. The van der Waals surface area contributed by atoms with Crippen molar-refractivity contribution < 1.29 is 28.4 Å². The minimum absolute atomic E-state index is 0.0662. The third-order valence-corrected chi connectivity index (χ3v) is 11.2. The van der Waals surface area contributed by atoms with E-state index in [1.54, 1.807) is 6.08 Å². The lowest BCUT2D eigenvalue weighted by atomic mass is 10.0. The highest BCUT2D eigenvalue weighted by Crippen LogP contribution is 2.43. The first-order valence-electron chi connectivity index (χ1n) is 24.2. The number of nitrogens with one attached hydrogen (secondary N) is 1. The molecule has 8 nitrogen and oxygen atoms in total. The fraction of sp³-hybridized carbons (Fsp3) is 0.706. The molecule has 0 aromatic heterocycles. The lowest BCUT2D eigenvalue weighted by Gasteiger charge is -2.23. The first-order chi connectivity index (χ1) is 29.4. The smallest absolute Gasteiger partial charge is 0.387 e. The molecule has 346 valence electrons. The van der Waals surface area contributed by atoms with Gasteiger partial charge in [0.1, 0.15) is 0 Å². The monoisotopic (exact) mass is 859 g/mol. The molecule has 0 fully saturated rings. The molecule has 0 saturated carbocycles. The Hall–Kier alpha value is -2.32. The van der Waals surface area contributed by atoms with Gasteiger partial charge < -0.3 is 21.1 Å². The SMILES string of the molecule is CC/C=C\C/C=C\C/C=C\C/C=C\C/C=C\CCCCCCCC(=O)NC(COP(=O)(O)OCCN)C(O)/C=C/CC/C=C/CCCCCCCCCCCCCCCC. The molecule has 0 aromatic rings. The molecule has 9 heteroatoms. The normalized spacial score (nSPS) is 14.7. The average molecular weight is 859 g/mol. The molecule has 0 saturated heterocycles. The summed E-state index contributed by atoms with van der Waals surface area (Å²) in [4.78, 5) is 22.8. The predicted octanol–water partition coefficient (Wildman–Crippen LogP) is 14.2. The van der Waals surface area contributed by atoms with Gasteiger partial charge in [0, 0.05) is 13.0 Å². The first-order valence-corrected chi connectivity index (χ1v) is 25.7. The van der Waals surface area contributed by atoms with Gasteiger partial charge in [-0.15, -0.1) is 0 Å². The topological polar surface area (TPSA) is 131 Å². The molecule has 0 bridgehead atoms. The van der Waals surface area contributed by atoms with E-state index in [1.165, 1.54) is 89.9 Å². The summed E-state index contributed by atoms with van der Waals surface area (Å²) in [7, 11) is -4.36. The van der Waals surface area contributed by atoms with Gasteiger partial charge in [0.25, 0.3) is 0 Å². The lowest BCUT2D eigenvalue weighted by Crippen LogP contribution is -2.45. The van der Waals surface area contributed by atoms with Crippen LogP contribution in [0.3, 0.4) is 0 Å². The molecule has 0 radical (unpaired) electrons. The van der Waals surface area contributed by atoms with Crippen LogP contribution in [0.25, 0.3) is 0 Å². The summed E-state index contributed by atoms with van der Waals surface area (Å²) in [5, 5.41) is 13.7. The molecular formula is C51H91N2O6P. The van der Waals surface area contributed by atoms with Crippen LogP contribution in [0, 0.1) is 0 Å². The molecule has 1 amide bonds. The summed E-state index contributed by atoms with van der Waals surface area (Å²) in [6.45, 7) is 3.98. The van der Waals surface area contributed by atoms with Crippen molar-refractivity contribution in [2.24, 2.45) is 5.73 Å². The highest BCUT2D eigenvalue weighted by molar-refractivity contribution is 7.47. The van der Waals surface area contributed by atoms with E-state index >= 15 is 0 Å². The zero-order valence-electron chi connectivity index (χ0n) is 38.4. The van der Waals surface area contributed by atoms with Crippen LogP contribution in [0.4, 0.5) is 0 Å². The van der Waals surface area contributed by atoms with Crippen molar-refractivity contribution in [2.75, 3.05) is 19.8 Å². The van der Waals surface area contributed by atoms with E-state index in [1.807, 2.05) is 6.08 Å². The van der Waals surface area contributed by atoms with E-state index in [0.29, 0.717) is 6.42 Å². The number of rotatable bonds is 44. The predicted molar refractivity (Wildman–Crippen MR) is 258 cm³/mol. The summed E-state index contributed by atoms with van der Waals surface area (Å²) >= 11 is 0. The highest BCUT2D eigenvalue weighted by atomic mass is 31.2. The van der Waals surface area contributed by atoms with Gasteiger partial charge in [-0.25, -0.2) is 4.57 Å². The van der Waals surface area contributed by atoms with E-state index in [0.717, 1.165) is 89.9 Å². The summed E-state index contributed by atoms with van der Waals surface area (Å²) in [5.74, 6) is -0.225. The number of carbonyl (C=O) groups excluding carboxylic acids is 1. The Morgan fingerprint density at radius 3 is 1.48 bits per heavy atom. The van der Waals surface area contributed by atoms with Gasteiger partial charge in [0.2, 0.25) is 5.91 Å². The van der Waals surface area contributed by atoms with Gasteiger partial charge >= 0.3 is 7.82 Å². The summed E-state index contributed by atoms with van der Waals surface area (Å²) in [6.07, 6.45) is 62.1. The Bertz CT molecular complexity index is 1210. The standard InChI is InChI=1S/C51H91N2O6P/c1-3-5-7-9-11-13-15-17-19-21-23-25-27-29-31-33-35-37-39-41-43-45-51(55)53-49(48-59-60(56,57)58-47-46-52)50(54)44-42-40-38-36-34-32-30-28-26-24-22-20-18-16-14-12-10-8-6-4-2/h5,7,11,13,17,19,23,25,29,31,34,36,42,44,49-50,54H,3-4,6,8-10,12,14-16,18,20-22,24,26-28,30,32-33,35,37-41,43,45-48,52H2,1-2H3,(H,53,55)(H,56,57)/b7-5-,13-11-,19-17-,25-23-,31-29-,36-34+,44-42+. The van der Waals surface area contributed by atoms with Crippen LogP contribution in [-0.4, -0.2) is 47.8 Å². The second-order valence-electron chi connectivity index (χ2n) is 15.9. The molecule has 0 aromatic carbocycles. The number of nitrogens with two attached hydrogens (primary N) is 1. The Balaban J connectivity index is 4.26. The fourth-order valence-corrected chi connectivity index (χ4v) is 7.35. The maximum Gasteiger partial charge on any atom is 0.472 e. The first kappa shape index (κ1) is 57.7. The maximum absolute atomic E-state index is 12.8. The van der Waals surface area contributed by atoms with Crippen LogP contribution >= 0.6 is 7.82 Å². The Labute approximate surface area is 369 Å². The maximum atomic E-state index is 12.8. The number of carbonyl (C=O) groups is 1. The van der Waals surface area contributed by atoms with Crippen LogP contribution in [-0.2, 0) is 18.4 Å². The average Bonchev–Trinajstić information content (AvgIpc) is 3.24.